The molecule has 0 saturated heterocycles. The Morgan fingerprint density at radius 1 is 1.50 bits per heavy atom. The van der Waals surface area contributed by atoms with E-state index < -0.39 is 15.9 Å². The Morgan fingerprint density at radius 2 is 2.11 bits per heavy atom. The number of nitrogens with two attached hydrogens (primary N) is 1. The summed E-state index contributed by atoms with van der Waals surface area (Å²) in [5.74, 6) is -0.489. The first-order valence-corrected chi connectivity index (χ1v) is 8.08. The Kier molecular flexibility index (Phi) is 4.75. The highest BCUT2D eigenvalue weighted by molar-refractivity contribution is 9.10. The van der Waals surface area contributed by atoms with Crippen LogP contribution in [0.2, 0.25) is 0 Å². The Balaban J connectivity index is 2.80. The van der Waals surface area contributed by atoms with Crippen molar-refractivity contribution < 1.29 is 13.2 Å². The maximum Gasteiger partial charge on any atom is 0.253 e. The van der Waals surface area contributed by atoms with Crippen LogP contribution < -0.4 is 11.1 Å². The first kappa shape index (κ1) is 15.0. The first-order valence-electron chi connectivity index (χ1n) is 5.22. The monoisotopic (exact) mass is 334 g/mol. The molecule has 100 valence electrons. The molecule has 0 heterocycles. The Labute approximate surface area is 115 Å². The molecule has 1 amide bonds. The van der Waals surface area contributed by atoms with E-state index in [1.165, 1.54) is 0 Å². The molecule has 0 bridgehead atoms. The molecular weight excluding hydrogens is 320 g/mol. The molecule has 1 aromatic rings. The minimum atomic E-state index is -3.12. The van der Waals surface area contributed by atoms with Gasteiger partial charge in [-0.1, -0.05) is 15.9 Å². The standard InChI is InChI=1S/C11H15BrN2O3S/c1-7(6-18(2,16)17)14-11(15)9-5-8(12)3-4-10(9)13/h3-5,7H,6,13H2,1-2H3,(H,14,15). The molecule has 7 heteroatoms. The molecule has 3 N–H and O–H groups in total. The molecule has 0 aliphatic heterocycles. The summed E-state index contributed by atoms with van der Waals surface area (Å²) in [5.41, 5.74) is 6.37. The molecular formula is C11H15BrN2O3S. The van der Waals surface area contributed by atoms with Crippen LogP contribution in [0.3, 0.4) is 0 Å². The summed E-state index contributed by atoms with van der Waals surface area (Å²) in [5, 5.41) is 2.60. The average molecular weight is 335 g/mol. The van der Waals surface area contributed by atoms with Crippen molar-refractivity contribution in [2.24, 2.45) is 0 Å². The number of benzene rings is 1. The number of amides is 1. The van der Waals surface area contributed by atoms with E-state index in [9.17, 15) is 13.2 Å². The lowest BCUT2D eigenvalue weighted by molar-refractivity contribution is 0.0944. The molecule has 0 saturated carbocycles. The molecule has 0 aromatic heterocycles. The zero-order chi connectivity index (χ0) is 13.9. The maximum absolute atomic E-state index is 11.9. The van der Waals surface area contributed by atoms with Gasteiger partial charge in [0.15, 0.2) is 0 Å². The van der Waals surface area contributed by atoms with Crippen molar-refractivity contribution in [2.45, 2.75) is 13.0 Å². The quantitative estimate of drug-likeness (QED) is 0.809. The molecule has 0 fully saturated rings. The van der Waals surface area contributed by atoms with Crippen LogP contribution in [-0.4, -0.2) is 32.4 Å². The Bertz CT molecular complexity index is 557. The summed E-state index contributed by atoms with van der Waals surface area (Å²) in [7, 11) is -3.12. The normalized spacial score (nSPS) is 13.1. The summed E-state index contributed by atoms with van der Waals surface area (Å²) in [6, 6.07) is 4.47. The predicted molar refractivity (Wildman–Crippen MR) is 75.2 cm³/mol. The van der Waals surface area contributed by atoms with Crippen molar-refractivity contribution in [1.82, 2.24) is 5.32 Å². The van der Waals surface area contributed by atoms with E-state index in [1.807, 2.05) is 0 Å². The van der Waals surface area contributed by atoms with Gasteiger partial charge in [0.2, 0.25) is 0 Å². The van der Waals surface area contributed by atoms with Gasteiger partial charge in [-0.2, -0.15) is 0 Å². The molecule has 1 aromatic carbocycles. The van der Waals surface area contributed by atoms with Crippen LogP contribution in [-0.2, 0) is 9.84 Å². The lowest BCUT2D eigenvalue weighted by atomic mass is 10.1. The lowest BCUT2D eigenvalue weighted by Crippen LogP contribution is -2.37. The third-order valence-electron chi connectivity index (χ3n) is 2.19. The number of nitrogens with one attached hydrogen (secondary N) is 1. The molecule has 1 atom stereocenters. The van der Waals surface area contributed by atoms with Crippen molar-refractivity contribution in [3.8, 4) is 0 Å². The van der Waals surface area contributed by atoms with E-state index in [0.29, 0.717) is 11.3 Å². The smallest absolute Gasteiger partial charge is 0.253 e. The zero-order valence-electron chi connectivity index (χ0n) is 10.1. The lowest BCUT2D eigenvalue weighted by Gasteiger charge is -2.14. The zero-order valence-corrected chi connectivity index (χ0v) is 12.5. The number of carbonyl (C=O) groups excluding carboxylic acids is 1. The van der Waals surface area contributed by atoms with Crippen LogP contribution in [0.4, 0.5) is 5.69 Å². The highest BCUT2D eigenvalue weighted by Gasteiger charge is 2.16. The Morgan fingerprint density at radius 3 is 2.67 bits per heavy atom. The van der Waals surface area contributed by atoms with Gasteiger partial charge >= 0.3 is 0 Å². The summed E-state index contributed by atoms with van der Waals surface area (Å²) >= 11 is 3.25. The molecule has 1 rings (SSSR count). The number of hydrogen-bond donors (Lipinski definition) is 2. The van der Waals surface area contributed by atoms with E-state index in [1.54, 1.807) is 25.1 Å². The van der Waals surface area contributed by atoms with Gasteiger partial charge in [0.1, 0.15) is 9.84 Å². The van der Waals surface area contributed by atoms with E-state index in [2.05, 4.69) is 21.2 Å². The maximum atomic E-state index is 11.9. The van der Waals surface area contributed by atoms with Gasteiger partial charge in [-0.15, -0.1) is 0 Å². The molecule has 0 spiro atoms. The summed E-state index contributed by atoms with van der Waals surface area (Å²) < 4.78 is 22.9. The fraction of sp³-hybridized carbons (Fsp3) is 0.364. The largest absolute Gasteiger partial charge is 0.398 e. The van der Waals surface area contributed by atoms with Crippen LogP contribution in [0.5, 0.6) is 0 Å². The Hall–Kier alpha value is -1.08. The molecule has 1 unspecified atom stereocenters. The summed E-state index contributed by atoms with van der Waals surface area (Å²) in [6.45, 7) is 1.63. The fourth-order valence-electron chi connectivity index (χ4n) is 1.52. The second-order valence-electron chi connectivity index (χ2n) is 4.20. The first-order chi connectivity index (χ1) is 8.19. The molecule has 18 heavy (non-hydrogen) atoms. The minimum absolute atomic E-state index is 0.105. The number of anilines is 1. The van der Waals surface area contributed by atoms with E-state index in [0.717, 1.165) is 10.7 Å². The fourth-order valence-corrected chi connectivity index (χ4v) is 2.88. The van der Waals surface area contributed by atoms with Crippen LogP contribution >= 0.6 is 15.9 Å². The van der Waals surface area contributed by atoms with Crippen LogP contribution in [0.25, 0.3) is 0 Å². The molecule has 0 aliphatic carbocycles. The third-order valence-corrected chi connectivity index (χ3v) is 3.79. The van der Waals surface area contributed by atoms with Crippen LogP contribution in [0.15, 0.2) is 22.7 Å². The number of nitrogen functional groups attached to an aromatic ring is 1. The summed E-state index contributed by atoms with van der Waals surface area (Å²) in [6.07, 6.45) is 1.13. The number of carbonyl (C=O) groups is 1. The topological polar surface area (TPSA) is 89.3 Å². The SMILES string of the molecule is CC(CS(C)(=O)=O)NC(=O)c1cc(Br)ccc1N. The highest BCUT2D eigenvalue weighted by Crippen LogP contribution is 2.18. The van der Waals surface area contributed by atoms with Gasteiger partial charge < -0.3 is 11.1 Å². The van der Waals surface area contributed by atoms with Crippen molar-refractivity contribution >= 4 is 37.4 Å². The van der Waals surface area contributed by atoms with Gasteiger partial charge in [-0.3, -0.25) is 4.79 Å². The van der Waals surface area contributed by atoms with E-state index >= 15 is 0 Å². The molecule has 0 aliphatic rings. The second-order valence-corrected chi connectivity index (χ2v) is 7.30. The number of sulfone groups is 1. The van der Waals surface area contributed by atoms with Gasteiger partial charge in [0, 0.05) is 22.5 Å². The van der Waals surface area contributed by atoms with Crippen molar-refractivity contribution in [3.63, 3.8) is 0 Å². The van der Waals surface area contributed by atoms with Crippen LogP contribution in [0.1, 0.15) is 17.3 Å². The summed E-state index contributed by atoms with van der Waals surface area (Å²) in [4.78, 5) is 11.9. The van der Waals surface area contributed by atoms with E-state index in [-0.39, 0.29) is 11.7 Å². The number of rotatable bonds is 4. The third kappa shape index (κ3) is 4.66. The van der Waals surface area contributed by atoms with Crippen molar-refractivity contribution in [3.05, 3.63) is 28.2 Å². The van der Waals surface area contributed by atoms with Gasteiger partial charge in [-0.05, 0) is 25.1 Å². The van der Waals surface area contributed by atoms with E-state index in [4.69, 9.17) is 5.73 Å². The highest BCUT2D eigenvalue weighted by atomic mass is 79.9. The molecule has 0 radical (unpaired) electrons. The average Bonchev–Trinajstić information content (AvgIpc) is 2.18. The second kappa shape index (κ2) is 5.71. The van der Waals surface area contributed by atoms with Crippen molar-refractivity contribution in [1.29, 1.82) is 0 Å². The minimum Gasteiger partial charge on any atom is -0.398 e. The predicted octanol–water partition coefficient (Wildman–Crippen LogP) is 1.19. The number of halogens is 1. The van der Waals surface area contributed by atoms with Gasteiger partial charge in [0.05, 0.1) is 11.3 Å². The number of hydrogen-bond acceptors (Lipinski definition) is 4. The van der Waals surface area contributed by atoms with Gasteiger partial charge in [0.25, 0.3) is 5.91 Å². The van der Waals surface area contributed by atoms with Crippen molar-refractivity contribution in [2.75, 3.05) is 17.7 Å². The van der Waals surface area contributed by atoms with Crippen LogP contribution in [0, 0.1) is 0 Å². The van der Waals surface area contributed by atoms with Gasteiger partial charge in [-0.25, -0.2) is 8.42 Å². The molecule has 5 nitrogen and oxygen atoms in total.